The number of hydrogen-bond donors (Lipinski definition) is 0. The van der Waals surface area contributed by atoms with Gasteiger partial charge in [-0.15, -0.1) is 0 Å². The van der Waals surface area contributed by atoms with Gasteiger partial charge < -0.3 is 0 Å². The number of aromatic nitrogens is 4. The molecule has 2 aromatic heterocycles. The number of rotatable bonds is 2. The molecule has 1 aliphatic rings. The quantitative estimate of drug-likeness (QED) is 0.165. The third-order valence-corrected chi connectivity index (χ3v) is 19.8. The van der Waals surface area contributed by atoms with Gasteiger partial charge in [0.2, 0.25) is 0 Å². The first kappa shape index (κ1) is 33.8. The Morgan fingerprint density at radius 1 is 0.528 bits per heavy atom. The van der Waals surface area contributed by atoms with E-state index < -0.39 is 15.2 Å². The molecule has 8 heteroatoms. The molecule has 6 aromatic carbocycles. The van der Waals surface area contributed by atoms with Gasteiger partial charge in [0.1, 0.15) is 0 Å². The van der Waals surface area contributed by atoms with E-state index >= 15 is 0 Å². The topological polar surface area (TPSA) is 58.0 Å². The normalized spacial score (nSPS) is 16.3. The maximum absolute atomic E-state index is 4.80. The van der Waals surface area contributed by atoms with Crippen LogP contribution < -0.4 is 31.0 Å². The second-order valence-corrected chi connectivity index (χ2v) is 22.6. The summed E-state index contributed by atoms with van der Waals surface area (Å²) in [6.45, 7) is 12.2. The van der Waals surface area contributed by atoms with Crippen LogP contribution in [-0.4, -0.2) is 52.0 Å². The number of anilines is 4. The van der Waals surface area contributed by atoms with E-state index in [4.69, 9.17) is 9.97 Å². The first-order valence-corrected chi connectivity index (χ1v) is 22.4. The average Bonchev–Trinajstić information content (AvgIpc) is 3.18. The van der Waals surface area contributed by atoms with Crippen molar-refractivity contribution < 1.29 is 0 Å². The molecule has 0 fully saturated rings. The van der Waals surface area contributed by atoms with Gasteiger partial charge >= 0.3 is 314 Å². The Morgan fingerprint density at radius 2 is 0.943 bits per heavy atom. The van der Waals surface area contributed by atoms with Crippen LogP contribution >= 0.6 is 15.2 Å². The monoisotopic (exact) mass is 730 g/mol. The minimum absolute atomic E-state index is 0.339. The van der Waals surface area contributed by atoms with Crippen LogP contribution in [0.25, 0.3) is 43.4 Å². The number of hydrogen-bond acceptors (Lipinski definition) is 6. The van der Waals surface area contributed by atoms with Gasteiger partial charge in [-0.05, 0) is 0 Å². The fourth-order valence-electron chi connectivity index (χ4n) is 8.49. The second-order valence-electron chi connectivity index (χ2n) is 15.2. The van der Waals surface area contributed by atoms with Gasteiger partial charge in [0.25, 0.3) is 0 Å². The van der Waals surface area contributed by atoms with Crippen LogP contribution in [0.5, 0.6) is 0 Å². The molecule has 0 aliphatic carbocycles. The molecule has 0 saturated heterocycles. The van der Waals surface area contributed by atoms with Crippen molar-refractivity contribution in [3.63, 3.8) is 0 Å². The molecule has 9 rings (SSSR count). The molecule has 0 radical (unpaired) electrons. The SMILES string of the molecule is CC(C)P1c2cc3ccccc3cc2N(C)c2cc3ccccc3cc2[PH](C)(C(C)C)c2cc3cncnc3cc2N(C)c2cc3ncncc3cc21. The Balaban J connectivity index is 1.50. The molecule has 0 saturated carbocycles. The zero-order chi connectivity index (χ0) is 36.6. The Morgan fingerprint density at radius 3 is 1.49 bits per heavy atom. The van der Waals surface area contributed by atoms with E-state index in [2.05, 4.69) is 165 Å². The molecule has 53 heavy (non-hydrogen) atoms. The predicted octanol–water partition coefficient (Wildman–Crippen LogP) is 9.31. The molecule has 1 unspecified atom stereocenters. The van der Waals surface area contributed by atoms with Gasteiger partial charge in [-0.2, -0.15) is 0 Å². The molecular weight excluding hydrogens is 686 g/mol. The van der Waals surface area contributed by atoms with Crippen LogP contribution in [0.15, 0.2) is 122 Å². The summed E-state index contributed by atoms with van der Waals surface area (Å²) in [6, 6.07) is 36.9. The van der Waals surface area contributed by atoms with E-state index in [1.54, 1.807) is 12.7 Å². The third kappa shape index (κ3) is 5.38. The van der Waals surface area contributed by atoms with Gasteiger partial charge in [0.15, 0.2) is 0 Å². The zero-order valence-electron chi connectivity index (χ0n) is 31.3. The first-order valence-electron chi connectivity index (χ1n) is 18.4. The average molecular weight is 731 g/mol. The summed E-state index contributed by atoms with van der Waals surface area (Å²) < 4.78 is 0. The van der Waals surface area contributed by atoms with E-state index in [-0.39, 0.29) is 0 Å². The summed E-state index contributed by atoms with van der Waals surface area (Å²) in [6.07, 6.45) is 7.26. The Bertz CT molecular complexity index is 2550. The summed E-state index contributed by atoms with van der Waals surface area (Å²) in [7, 11) is 1.06. The molecule has 0 amide bonds. The summed E-state index contributed by atoms with van der Waals surface area (Å²) in [5.41, 5.74) is 7.48. The van der Waals surface area contributed by atoms with Crippen molar-refractivity contribution in [2.45, 2.75) is 39.0 Å². The summed E-state index contributed by atoms with van der Waals surface area (Å²) in [5.74, 6) is 0. The van der Waals surface area contributed by atoms with E-state index in [1.165, 1.54) is 65.5 Å². The second kappa shape index (κ2) is 12.8. The van der Waals surface area contributed by atoms with Gasteiger partial charge in [0.05, 0.1) is 0 Å². The predicted molar refractivity (Wildman–Crippen MR) is 233 cm³/mol. The van der Waals surface area contributed by atoms with Gasteiger partial charge in [-0.1, -0.05) is 0 Å². The maximum atomic E-state index is 4.80. The van der Waals surface area contributed by atoms with Crippen LogP contribution in [0.4, 0.5) is 22.7 Å². The van der Waals surface area contributed by atoms with Gasteiger partial charge in [-0.25, -0.2) is 0 Å². The fourth-order valence-corrected chi connectivity index (χ4v) is 15.3. The first-order chi connectivity index (χ1) is 25.6. The van der Waals surface area contributed by atoms with Crippen LogP contribution in [0.3, 0.4) is 0 Å². The Labute approximate surface area is 313 Å². The standard InChI is InChI=1S/C45H44N6P2/c1-28(2)52-42-18-32-14-10-8-12-30(32)16-38(42)50(5)40-17-31-13-9-11-15-33(31)20-44(40)53(7,29(3)4)45-21-35-25-47-27-49-37(35)23-41(45)51(6)39-22-36-34(19-43(39)52)24-46-26-48-36/h8-29,53H,1-7H3. The van der Waals surface area contributed by atoms with Crippen LogP contribution in [0, 0.1) is 0 Å². The van der Waals surface area contributed by atoms with Gasteiger partial charge in [-0.3, -0.25) is 0 Å². The fraction of sp³-hybridized carbons (Fsp3) is 0.200. The molecule has 0 spiro atoms. The third-order valence-electron chi connectivity index (χ3n) is 11.7. The van der Waals surface area contributed by atoms with Crippen LogP contribution in [0.1, 0.15) is 27.7 Å². The molecule has 1 aliphatic heterocycles. The van der Waals surface area contributed by atoms with E-state index in [1.807, 2.05) is 12.4 Å². The molecule has 3 heterocycles. The number of fused-ring (bicyclic) bond motifs is 8. The molecule has 8 aromatic rings. The molecule has 0 bridgehead atoms. The van der Waals surface area contributed by atoms with Crippen molar-refractivity contribution >= 4 is 103 Å². The molecule has 0 N–H and O–H groups in total. The summed E-state index contributed by atoms with van der Waals surface area (Å²) in [5, 5.41) is 12.7. The van der Waals surface area contributed by atoms with Crippen molar-refractivity contribution in [1.82, 2.24) is 19.9 Å². The van der Waals surface area contributed by atoms with Crippen molar-refractivity contribution in [2.75, 3.05) is 30.6 Å². The number of benzene rings is 6. The molecular formula is C45H44N6P2. The number of nitrogens with zero attached hydrogens (tertiary/aromatic N) is 6. The van der Waals surface area contributed by atoms with Crippen LogP contribution in [-0.2, 0) is 0 Å². The van der Waals surface area contributed by atoms with Crippen molar-refractivity contribution in [2.24, 2.45) is 0 Å². The van der Waals surface area contributed by atoms with Gasteiger partial charge in [0, 0.05) is 0 Å². The van der Waals surface area contributed by atoms with Crippen LogP contribution in [0.2, 0.25) is 0 Å². The minimum atomic E-state index is -2.60. The summed E-state index contributed by atoms with van der Waals surface area (Å²) in [4.78, 5) is 23.5. The zero-order valence-corrected chi connectivity index (χ0v) is 33.2. The summed E-state index contributed by atoms with van der Waals surface area (Å²) >= 11 is 0. The van der Waals surface area contributed by atoms with E-state index in [0.29, 0.717) is 11.3 Å². The molecule has 6 nitrogen and oxygen atoms in total. The van der Waals surface area contributed by atoms with Crippen molar-refractivity contribution in [3.05, 3.63) is 122 Å². The van der Waals surface area contributed by atoms with Crippen molar-refractivity contribution in [1.29, 1.82) is 0 Å². The van der Waals surface area contributed by atoms with E-state index in [0.717, 1.165) is 21.8 Å². The molecule has 1 atom stereocenters. The Kier molecular flexibility index (Phi) is 8.18. The Hall–Kier alpha value is -5.02. The molecule has 264 valence electrons. The van der Waals surface area contributed by atoms with E-state index in [9.17, 15) is 0 Å². The van der Waals surface area contributed by atoms with Crippen molar-refractivity contribution in [3.8, 4) is 0 Å².